The van der Waals surface area contributed by atoms with Gasteiger partial charge in [-0.05, 0) is 24.3 Å². The Morgan fingerprint density at radius 3 is 2.29 bits per heavy atom. The number of benzene rings is 2. The fraction of sp³-hybridized carbons (Fsp3) is 0.333. The lowest BCUT2D eigenvalue weighted by Gasteiger charge is -2.38. The summed E-state index contributed by atoms with van der Waals surface area (Å²) >= 11 is 0. The van der Waals surface area contributed by atoms with E-state index in [-0.39, 0.29) is 28.7 Å². The van der Waals surface area contributed by atoms with Gasteiger partial charge in [0.2, 0.25) is 5.43 Å². The average molecular weight is 474 g/mol. The summed E-state index contributed by atoms with van der Waals surface area (Å²) in [7, 11) is 0. The number of rotatable bonds is 4. The molecule has 7 nitrogen and oxygen atoms in total. The summed E-state index contributed by atoms with van der Waals surface area (Å²) in [5, 5.41) is 9.28. The highest BCUT2D eigenvalue weighted by molar-refractivity contribution is 5.93. The summed E-state index contributed by atoms with van der Waals surface area (Å²) < 4.78 is 56.5. The van der Waals surface area contributed by atoms with Crippen LogP contribution >= 0.6 is 0 Å². The van der Waals surface area contributed by atoms with Crippen molar-refractivity contribution in [3.05, 3.63) is 75.3 Å². The van der Waals surface area contributed by atoms with Gasteiger partial charge in [-0.15, -0.1) is 0 Å². The van der Waals surface area contributed by atoms with Crippen LogP contribution in [0.5, 0.6) is 0 Å². The first-order valence-corrected chi connectivity index (χ1v) is 10.8. The summed E-state index contributed by atoms with van der Waals surface area (Å²) in [5.74, 6) is -4.50. The maximum absolute atomic E-state index is 15.2. The van der Waals surface area contributed by atoms with E-state index in [2.05, 4.69) is 0 Å². The average Bonchev–Trinajstić information content (AvgIpc) is 3.26. The van der Waals surface area contributed by atoms with Gasteiger partial charge < -0.3 is 24.0 Å². The molecule has 2 aromatic carbocycles. The maximum Gasteiger partial charge on any atom is 0.341 e. The van der Waals surface area contributed by atoms with Crippen LogP contribution in [0.2, 0.25) is 0 Å². The van der Waals surface area contributed by atoms with Gasteiger partial charge in [0, 0.05) is 43.1 Å². The Balaban J connectivity index is 1.61. The van der Waals surface area contributed by atoms with E-state index in [1.807, 2.05) is 0 Å². The quantitative estimate of drug-likeness (QED) is 0.624. The Morgan fingerprint density at radius 1 is 1.03 bits per heavy atom. The van der Waals surface area contributed by atoms with Crippen molar-refractivity contribution >= 4 is 22.6 Å². The van der Waals surface area contributed by atoms with E-state index in [9.17, 15) is 23.5 Å². The minimum absolute atomic E-state index is 0.169. The van der Waals surface area contributed by atoms with Crippen LogP contribution in [-0.4, -0.2) is 47.7 Å². The van der Waals surface area contributed by atoms with E-state index >= 15 is 4.39 Å². The monoisotopic (exact) mass is 474 g/mol. The smallest absolute Gasteiger partial charge is 0.341 e. The summed E-state index contributed by atoms with van der Waals surface area (Å²) in [6.07, 6.45) is 2.08. The van der Waals surface area contributed by atoms with Crippen LogP contribution in [0.1, 0.15) is 28.8 Å². The second-order valence-electron chi connectivity index (χ2n) is 8.42. The maximum atomic E-state index is 15.2. The Morgan fingerprint density at radius 2 is 1.68 bits per heavy atom. The lowest BCUT2D eigenvalue weighted by Crippen LogP contribution is -2.45. The van der Waals surface area contributed by atoms with Crippen molar-refractivity contribution in [3.63, 3.8) is 0 Å². The molecule has 1 N–H and O–H groups in total. The molecule has 34 heavy (non-hydrogen) atoms. The van der Waals surface area contributed by atoms with Gasteiger partial charge in [-0.25, -0.2) is 18.0 Å². The zero-order valence-corrected chi connectivity index (χ0v) is 18.0. The van der Waals surface area contributed by atoms with E-state index in [1.54, 1.807) is 4.90 Å². The van der Waals surface area contributed by atoms with Gasteiger partial charge in [-0.2, -0.15) is 0 Å². The van der Waals surface area contributed by atoms with E-state index < -0.39 is 40.2 Å². The normalized spacial score (nSPS) is 17.6. The minimum atomic E-state index is -1.52. The van der Waals surface area contributed by atoms with Crippen molar-refractivity contribution < 1.29 is 32.5 Å². The second kappa shape index (κ2) is 8.44. The molecule has 0 amide bonds. The fourth-order valence-corrected chi connectivity index (χ4v) is 4.65. The third-order valence-corrected chi connectivity index (χ3v) is 6.45. The highest BCUT2D eigenvalue weighted by Gasteiger charge is 2.40. The number of hydrogen-bond acceptors (Lipinski definition) is 5. The molecule has 2 saturated heterocycles. The molecule has 0 bridgehead atoms. The van der Waals surface area contributed by atoms with Gasteiger partial charge in [0.15, 0.2) is 5.79 Å². The molecule has 1 spiro atoms. The molecule has 0 aliphatic carbocycles. The first-order chi connectivity index (χ1) is 16.3. The van der Waals surface area contributed by atoms with Crippen molar-refractivity contribution in [2.75, 3.05) is 31.2 Å². The lowest BCUT2D eigenvalue weighted by molar-refractivity contribution is -0.169. The van der Waals surface area contributed by atoms with Crippen molar-refractivity contribution in [3.8, 4) is 0 Å². The van der Waals surface area contributed by atoms with Crippen LogP contribution < -0.4 is 10.3 Å². The molecular formula is C24H21F3N2O5. The molecule has 1 aromatic heterocycles. The van der Waals surface area contributed by atoms with E-state index in [4.69, 9.17) is 9.47 Å². The molecule has 2 fully saturated rings. The lowest BCUT2D eigenvalue weighted by atomic mass is 10.0. The predicted molar refractivity (Wildman–Crippen MR) is 117 cm³/mol. The Hall–Kier alpha value is -3.37. The summed E-state index contributed by atoms with van der Waals surface area (Å²) in [5.41, 5.74) is -1.42. The van der Waals surface area contributed by atoms with Crippen LogP contribution in [0.25, 0.3) is 10.9 Å². The molecule has 3 aromatic rings. The number of pyridine rings is 1. The van der Waals surface area contributed by atoms with Crippen molar-refractivity contribution in [2.45, 2.75) is 25.2 Å². The third-order valence-electron chi connectivity index (χ3n) is 6.45. The SMILES string of the molecule is O=C(O)c1cn(Cc2c(F)cccc2F)c2cc(N3CCC4(CC3)OCCO4)c(F)cc2c1=O. The molecule has 10 heteroatoms. The van der Waals surface area contributed by atoms with E-state index in [0.717, 1.165) is 24.4 Å². The molecule has 0 unspecified atom stereocenters. The standard InChI is InChI=1S/C24H21F3N2O5/c25-17-2-1-3-18(26)15(17)12-29-13-16(23(31)32)22(30)14-10-19(27)21(11-20(14)29)28-6-4-24(5-7-28)33-8-9-34-24/h1-3,10-11,13H,4-9,12H2,(H,31,32). The topological polar surface area (TPSA) is 81.0 Å². The Labute approximate surface area is 191 Å². The van der Waals surface area contributed by atoms with E-state index in [0.29, 0.717) is 39.1 Å². The molecule has 0 radical (unpaired) electrons. The molecule has 2 aliphatic heterocycles. The van der Waals surface area contributed by atoms with Gasteiger partial charge >= 0.3 is 5.97 Å². The summed E-state index contributed by atoms with van der Waals surface area (Å²) in [6, 6.07) is 5.80. The van der Waals surface area contributed by atoms with Crippen LogP contribution in [0.3, 0.4) is 0 Å². The number of piperidine rings is 1. The third kappa shape index (κ3) is 3.82. The summed E-state index contributed by atoms with van der Waals surface area (Å²) in [6.45, 7) is 1.50. The molecule has 0 saturated carbocycles. The second-order valence-corrected chi connectivity index (χ2v) is 8.42. The Bertz CT molecular complexity index is 1320. The number of halogens is 3. The largest absolute Gasteiger partial charge is 0.477 e. The number of anilines is 1. The number of fused-ring (bicyclic) bond motifs is 1. The number of aromatic carboxylic acids is 1. The molecule has 0 atom stereocenters. The van der Waals surface area contributed by atoms with Crippen molar-refractivity contribution in [1.29, 1.82) is 0 Å². The number of ether oxygens (including phenoxy) is 2. The van der Waals surface area contributed by atoms with Crippen LogP contribution in [0.15, 0.2) is 41.3 Å². The first kappa shape index (κ1) is 22.4. The molecule has 5 rings (SSSR count). The summed E-state index contributed by atoms with van der Waals surface area (Å²) in [4.78, 5) is 26.2. The van der Waals surface area contributed by atoms with Gasteiger partial charge in [0.25, 0.3) is 0 Å². The molecule has 2 aliphatic rings. The van der Waals surface area contributed by atoms with Crippen LogP contribution in [0, 0.1) is 17.5 Å². The zero-order valence-electron chi connectivity index (χ0n) is 18.0. The predicted octanol–water partition coefficient (Wildman–Crippen LogP) is 3.51. The van der Waals surface area contributed by atoms with Crippen molar-refractivity contribution in [2.24, 2.45) is 0 Å². The number of hydrogen-bond donors (Lipinski definition) is 1. The zero-order chi connectivity index (χ0) is 24.0. The van der Waals surface area contributed by atoms with Gasteiger partial charge in [-0.3, -0.25) is 4.79 Å². The molecule has 3 heterocycles. The highest BCUT2D eigenvalue weighted by Crippen LogP contribution is 2.35. The highest BCUT2D eigenvalue weighted by atomic mass is 19.1. The Kier molecular flexibility index (Phi) is 5.57. The first-order valence-electron chi connectivity index (χ1n) is 10.8. The van der Waals surface area contributed by atoms with Crippen molar-refractivity contribution in [1.82, 2.24) is 4.57 Å². The van der Waals surface area contributed by atoms with E-state index in [1.165, 1.54) is 16.7 Å². The number of carbonyl (C=O) groups is 1. The number of nitrogens with zero attached hydrogens (tertiary/aromatic N) is 2. The fourth-order valence-electron chi connectivity index (χ4n) is 4.65. The molecular weight excluding hydrogens is 453 g/mol. The molecule has 178 valence electrons. The number of aromatic nitrogens is 1. The van der Waals surface area contributed by atoms with Gasteiger partial charge in [0.05, 0.1) is 31.0 Å². The van der Waals surface area contributed by atoms with Gasteiger partial charge in [-0.1, -0.05) is 6.07 Å². The van der Waals surface area contributed by atoms with Crippen LogP contribution in [0.4, 0.5) is 18.9 Å². The minimum Gasteiger partial charge on any atom is -0.477 e. The van der Waals surface area contributed by atoms with Gasteiger partial charge in [0.1, 0.15) is 23.0 Å². The number of carboxylic acid groups (broad SMARTS) is 1. The van der Waals surface area contributed by atoms with Crippen LogP contribution in [-0.2, 0) is 16.0 Å². The number of carboxylic acids is 1.